The second-order valence-electron chi connectivity index (χ2n) is 4.63. The van der Waals surface area contributed by atoms with Crippen LogP contribution in [0.25, 0.3) is 16.5 Å². The Hall–Kier alpha value is -2.19. The van der Waals surface area contributed by atoms with Crippen molar-refractivity contribution in [2.24, 2.45) is 0 Å². The van der Waals surface area contributed by atoms with E-state index in [-0.39, 0.29) is 23.2 Å². The number of nitrogens with zero attached hydrogens (tertiary/aromatic N) is 2. The van der Waals surface area contributed by atoms with Gasteiger partial charge in [0.25, 0.3) is 5.56 Å². The Labute approximate surface area is 143 Å². The van der Waals surface area contributed by atoms with Crippen molar-refractivity contribution in [3.05, 3.63) is 50.2 Å². The van der Waals surface area contributed by atoms with E-state index in [2.05, 4.69) is 21.0 Å². The molecule has 1 aromatic carbocycles. The van der Waals surface area contributed by atoms with E-state index in [0.29, 0.717) is 20.5 Å². The van der Waals surface area contributed by atoms with Crippen LogP contribution in [-0.4, -0.2) is 22.4 Å². The van der Waals surface area contributed by atoms with Gasteiger partial charge in [0.05, 0.1) is 22.7 Å². The van der Waals surface area contributed by atoms with Crippen LogP contribution in [0.2, 0.25) is 0 Å². The topological polar surface area (TPSA) is 87.2 Å². The third kappa shape index (κ3) is 2.64. The van der Waals surface area contributed by atoms with Crippen molar-refractivity contribution >= 4 is 49.0 Å². The molecule has 2 aromatic heterocycles. The van der Waals surface area contributed by atoms with Gasteiger partial charge < -0.3 is 10.5 Å². The van der Waals surface area contributed by atoms with E-state index in [1.165, 1.54) is 16.0 Å². The maximum Gasteiger partial charge on any atom is 0.359 e. The first-order chi connectivity index (χ1) is 11.0. The molecule has 6 nitrogen and oxygen atoms in total. The molecule has 0 aliphatic rings. The number of nitrogen functional groups attached to an aromatic ring is 1. The minimum atomic E-state index is -0.587. The van der Waals surface area contributed by atoms with Crippen LogP contribution in [0, 0.1) is 0 Å². The Morgan fingerprint density at radius 3 is 2.87 bits per heavy atom. The van der Waals surface area contributed by atoms with Gasteiger partial charge in [0.1, 0.15) is 0 Å². The summed E-state index contributed by atoms with van der Waals surface area (Å²) in [7, 11) is 0. The number of esters is 1. The van der Waals surface area contributed by atoms with Crippen molar-refractivity contribution < 1.29 is 9.53 Å². The second-order valence-corrected chi connectivity index (χ2v) is 6.39. The minimum Gasteiger partial charge on any atom is -0.461 e. The lowest BCUT2D eigenvalue weighted by Crippen LogP contribution is -2.25. The first kappa shape index (κ1) is 15.7. The number of halogens is 1. The van der Waals surface area contributed by atoms with E-state index in [1.807, 2.05) is 6.07 Å². The van der Waals surface area contributed by atoms with Crippen LogP contribution in [0.3, 0.4) is 0 Å². The minimum absolute atomic E-state index is 0.0742. The number of hydrogen-bond acceptors (Lipinski definition) is 6. The molecule has 0 radical (unpaired) electrons. The fourth-order valence-corrected chi connectivity index (χ4v) is 3.45. The van der Waals surface area contributed by atoms with Crippen LogP contribution in [-0.2, 0) is 4.74 Å². The van der Waals surface area contributed by atoms with E-state index in [9.17, 15) is 9.59 Å². The summed E-state index contributed by atoms with van der Waals surface area (Å²) in [6.07, 6.45) is 0. The zero-order valence-corrected chi connectivity index (χ0v) is 14.5. The third-order valence-corrected chi connectivity index (χ3v) is 4.71. The quantitative estimate of drug-likeness (QED) is 0.691. The number of carbonyl (C=O) groups is 1. The predicted octanol–water partition coefficient (Wildman–Crippen LogP) is 2.97. The summed E-state index contributed by atoms with van der Waals surface area (Å²) in [5, 5.41) is 6.91. The summed E-state index contributed by atoms with van der Waals surface area (Å²) in [5.41, 5.74) is 6.14. The van der Waals surface area contributed by atoms with Crippen LogP contribution >= 0.6 is 27.3 Å². The van der Waals surface area contributed by atoms with Gasteiger partial charge >= 0.3 is 5.97 Å². The molecule has 0 spiro atoms. The average Bonchev–Trinajstić information content (AvgIpc) is 2.91. The number of ether oxygens (including phenoxy) is 1. The van der Waals surface area contributed by atoms with Gasteiger partial charge in [0, 0.05) is 15.2 Å². The summed E-state index contributed by atoms with van der Waals surface area (Å²) < 4.78 is 6.89. The standard InChI is InChI=1S/C15H12BrN3O3S/c1-2-22-15(21)12-8-7-23-13(17)11(8)14(20)19(18-12)10-6-4-3-5-9(10)16/h3-7H,2,17H2,1H3. The van der Waals surface area contributed by atoms with Gasteiger partial charge in [0.2, 0.25) is 0 Å². The molecule has 2 heterocycles. The molecule has 0 amide bonds. The number of aromatic nitrogens is 2. The number of hydrogen-bond donors (Lipinski definition) is 1. The molecular formula is C15H12BrN3O3S. The summed E-state index contributed by atoms with van der Waals surface area (Å²) in [4.78, 5) is 24.9. The lowest BCUT2D eigenvalue weighted by Gasteiger charge is -2.10. The largest absolute Gasteiger partial charge is 0.461 e. The SMILES string of the molecule is CCOC(=O)c1nn(-c2ccccc2Br)c(=O)c2c(N)scc12. The van der Waals surface area contributed by atoms with Gasteiger partial charge in [0.15, 0.2) is 5.69 Å². The monoisotopic (exact) mass is 393 g/mol. The molecule has 23 heavy (non-hydrogen) atoms. The van der Waals surface area contributed by atoms with E-state index < -0.39 is 5.97 Å². The third-order valence-electron chi connectivity index (χ3n) is 3.23. The molecule has 0 fully saturated rings. The normalized spacial score (nSPS) is 10.9. The number of carbonyl (C=O) groups excluding carboxylic acids is 1. The highest BCUT2D eigenvalue weighted by molar-refractivity contribution is 9.10. The predicted molar refractivity (Wildman–Crippen MR) is 93.3 cm³/mol. The zero-order valence-electron chi connectivity index (χ0n) is 12.1. The molecule has 0 saturated heterocycles. The van der Waals surface area contributed by atoms with Gasteiger partial charge in [-0.1, -0.05) is 12.1 Å². The van der Waals surface area contributed by atoms with Crippen molar-refractivity contribution in [1.29, 1.82) is 0 Å². The molecule has 2 N–H and O–H groups in total. The zero-order chi connectivity index (χ0) is 16.6. The number of fused-ring (bicyclic) bond motifs is 1. The Kier molecular flexibility index (Phi) is 4.18. The van der Waals surface area contributed by atoms with Crippen LogP contribution in [0.4, 0.5) is 5.00 Å². The Balaban J connectivity index is 2.38. The van der Waals surface area contributed by atoms with Crippen LogP contribution in [0.1, 0.15) is 17.4 Å². The van der Waals surface area contributed by atoms with Crippen molar-refractivity contribution in [1.82, 2.24) is 9.78 Å². The number of anilines is 1. The molecule has 3 rings (SSSR count). The lowest BCUT2D eigenvalue weighted by molar-refractivity contribution is 0.0520. The van der Waals surface area contributed by atoms with Gasteiger partial charge in [-0.05, 0) is 35.0 Å². The number of benzene rings is 1. The summed E-state index contributed by atoms with van der Waals surface area (Å²) in [5.74, 6) is -0.587. The van der Waals surface area contributed by atoms with Gasteiger partial charge in [-0.25, -0.2) is 4.79 Å². The van der Waals surface area contributed by atoms with E-state index >= 15 is 0 Å². The highest BCUT2D eigenvalue weighted by atomic mass is 79.9. The number of para-hydroxylation sites is 1. The molecule has 0 unspecified atom stereocenters. The van der Waals surface area contributed by atoms with Gasteiger partial charge in [-0.2, -0.15) is 9.78 Å². The maximum atomic E-state index is 12.7. The number of rotatable bonds is 3. The number of thiophene rings is 1. The summed E-state index contributed by atoms with van der Waals surface area (Å²) in [6, 6.07) is 7.11. The molecule has 0 atom stereocenters. The second kappa shape index (κ2) is 6.13. The van der Waals surface area contributed by atoms with E-state index in [1.54, 1.807) is 30.5 Å². The molecule has 0 aliphatic carbocycles. The van der Waals surface area contributed by atoms with Crippen molar-refractivity contribution in [2.75, 3.05) is 12.3 Å². The maximum absolute atomic E-state index is 12.7. The van der Waals surface area contributed by atoms with Crippen LogP contribution < -0.4 is 11.3 Å². The van der Waals surface area contributed by atoms with Crippen LogP contribution in [0.15, 0.2) is 38.9 Å². The highest BCUT2D eigenvalue weighted by Gasteiger charge is 2.21. The summed E-state index contributed by atoms with van der Waals surface area (Å²) >= 11 is 4.58. The first-order valence-electron chi connectivity index (χ1n) is 6.76. The Morgan fingerprint density at radius 1 is 1.43 bits per heavy atom. The van der Waals surface area contributed by atoms with E-state index in [4.69, 9.17) is 10.5 Å². The van der Waals surface area contributed by atoms with Gasteiger partial charge in [-0.3, -0.25) is 4.79 Å². The smallest absolute Gasteiger partial charge is 0.359 e. The van der Waals surface area contributed by atoms with Crippen molar-refractivity contribution in [2.45, 2.75) is 6.92 Å². The molecule has 0 aliphatic heterocycles. The van der Waals surface area contributed by atoms with Crippen molar-refractivity contribution in [3.8, 4) is 5.69 Å². The molecular weight excluding hydrogens is 382 g/mol. The molecule has 118 valence electrons. The van der Waals surface area contributed by atoms with Gasteiger partial charge in [-0.15, -0.1) is 11.3 Å². The fourth-order valence-electron chi connectivity index (χ4n) is 2.21. The number of nitrogens with two attached hydrogens (primary N) is 1. The molecule has 8 heteroatoms. The average molecular weight is 394 g/mol. The fraction of sp³-hybridized carbons (Fsp3) is 0.133. The summed E-state index contributed by atoms with van der Waals surface area (Å²) in [6.45, 7) is 1.93. The molecule has 3 aromatic rings. The first-order valence-corrected chi connectivity index (χ1v) is 8.44. The Bertz CT molecular complexity index is 964. The lowest BCUT2D eigenvalue weighted by atomic mass is 10.2. The van der Waals surface area contributed by atoms with E-state index in [0.717, 1.165) is 0 Å². The van der Waals surface area contributed by atoms with Crippen LogP contribution in [0.5, 0.6) is 0 Å². The Morgan fingerprint density at radius 2 is 2.17 bits per heavy atom. The molecule has 0 saturated carbocycles. The molecule has 0 bridgehead atoms. The highest BCUT2D eigenvalue weighted by Crippen LogP contribution is 2.28. The van der Waals surface area contributed by atoms with Crippen molar-refractivity contribution in [3.63, 3.8) is 0 Å².